The molecule has 0 unspecified atom stereocenters. The lowest BCUT2D eigenvalue weighted by Crippen LogP contribution is -2.35. The first-order valence-corrected chi connectivity index (χ1v) is 24.6. The number of thiophene rings is 1. The van der Waals surface area contributed by atoms with Crippen molar-refractivity contribution >= 4 is 35.0 Å². The molecule has 0 radical (unpaired) electrons. The third-order valence-electron chi connectivity index (χ3n) is 10.8. The summed E-state index contributed by atoms with van der Waals surface area (Å²) in [6, 6.07) is 0. The van der Waals surface area contributed by atoms with Gasteiger partial charge in [-0.3, -0.25) is 9.59 Å². The normalized spacial score (nSPS) is 12.6. The Morgan fingerprint density at radius 1 is 0.661 bits per heavy atom. The molecule has 0 N–H and O–H groups in total. The quantitative estimate of drug-likeness (QED) is 0.0387. The van der Waals surface area contributed by atoms with E-state index in [9.17, 15) is 19.2 Å². The van der Waals surface area contributed by atoms with Gasteiger partial charge in [0.2, 0.25) is 5.91 Å². The van der Waals surface area contributed by atoms with Crippen LogP contribution in [0.3, 0.4) is 0 Å². The number of carbonyl (C=O) groups is 4. The molecule has 0 saturated carbocycles. The fraction of sp³-hybridized carbons (Fsp3) is 0.760. The van der Waals surface area contributed by atoms with Crippen LogP contribution in [0, 0.1) is 6.92 Å². The van der Waals surface area contributed by atoms with Crippen LogP contribution in [0.1, 0.15) is 213 Å². The van der Waals surface area contributed by atoms with E-state index in [1.165, 1.54) is 103 Å². The van der Waals surface area contributed by atoms with Crippen LogP contribution in [0.5, 0.6) is 0 Å². The number of aryl methyl sites for hydroxylation is 1. The summed E-state index contributed by atoms with van der Waals surface area (Å²) in [6.45, 7) is 11.1. The Morgan fingerprint density at radius 3 is 1.85 bits per heavy atom. The van der Waals surface area contributed by atoms with E-state index in [1.807, 2.05) is 25.9 Å². The zero-order chi connectivity index (χ0) is 43.4. The van der Waals surface area contributed by atoms with Gasteiger partial charge in [0, 0.05) is 42.1 Å². The molecule has 0 saturated heterocycles. The number of carbonyl (C=O) groups excluding carboxylic acids is 4. The van der Waals surface area contributed by atoms with Crippen molar-refractivity contribution in [3.05, 3.63) is 45.2 Å². The van der Waals surface area contributed by atoms with E-state index >= 15 is 0 Å². The van der Waals surface area contributed by atoms with Gasteiger partial charge in [0.05, 0.1) is 25.3 Å². The maximum absolute atomic E-state index is 12.8. The fourth-order valence-corrected chi connectivity index (χ4v) is 8.42. The standard InChI is InChI=1S/C31H52N2O5S.C19H34O/c1-5-6-7-8-9-10-11-12-15-22-37-29(35)18-14-13-17-28(34)33-21-19-26-27(24-33)39-25(2)30(26)31(36)38-23-16-20-32(3)4;1-3-4-5-6-7-8-9-10-11-12-13-14-15-16-17-18-19(2)20/h5-24H2,1-4H3;7-8,10-11H,3-6,9,12-18H2,1-2H3/b;8-7-,11-10-. The molecule has 59 heavy (non-hydrogen) atoms. The number of Topliss-reactive ketones (excluding diaryl/α,β-unsaturated/α-hetero) is 1. The minimum atomic E-state index is -0.242. The van der Waals surface area contributed by atoms with E-state index in [0.29, 0.717) is 69.8 Å². The van der Waals surface area contributed by atoms with Gasteiger partial charge in [0.1, 0.15) is 5.78 Å². The van der Waals surface area contributed by atoms with E-state index in [4.69, 9.17) is 9.47 Å². The summed E-state index contributed by atoms with van der Waals surface area (Å²) < 4.78 is 10.9. The Hall–Kier alpha value is -2.78. The Labute approximate surface area is 365 Å². The van der Waals surface area contributed by atoms with Gasteiger partial charge >= 0.3 is 11.9 Å². The first-order valence-electron chi connectivity index (χ1n) is 23.8. The second kappa shape index (κ2) is 37.0. The number of fused-ring (bicyclic) bond motifs is 1. The fourth-order valence-electron chi connectivity index (χ4n) is 7.20. The van der Waals surface area contributed by atoms with E-state index in [-0.39, 0.29) is 17.8 Å². The summed E-state index contributed by atoms with van der Waals surface area (Å²) >= 11 is 1.60. The molecule has 0 fully saturated rings. The van der Waals surface area contributed by atoms with Crippen LogP contribution in [-0.2, 0) is 36.8 Å². The molecule has 1 aliphatic heterocycles. The van der Waals surface area contributed by atoms with Crippen molar-refractivity contribution in [3.63, 3.8) is 0 Å². The number of ether oxygens (including phenoxy) is 2. The molecule has 0 spiro atoms. The van der Waals surface area contributed by atoms with Gasteiger partial charge in [-0.05, 0) is 104 Å². The lowest BCUT2D eigenvalue weighted by Gasteiger charge is -2.27. The highest BCUT2D eigenvalue weighted by molar-refractivity contribution is 7.12. The monoisotopic (exact) mass is 843 g/mol. The molecule has 9 heteroatoms. The highest BCUT2D eigenvalue weighted by atomic mass is 32.1. The summed E-state index contributed by atoms with van der Waals surface area (Å²) in [7, 11) is 4.00. The second-order valence-corrected chi connectivity index (χ2v) is 18.0. The number of nitrogens with zero attached hydrogens (tertiary/aromatic N) is 2. The smallest absolute Gasteiger partial charge is 0.339 e. The van der Waals surface area contributed by atoms with Crippen molar-refractivity contribution < 1.29 is 28.7 Å². The molecule has 0 aromatic carbocycles. The molecule has 1 aromatic heterocycles. The first-order chi connectivity index (χ1) is 28.6. The molecule has 0 atom stereocenters. The van der Waals surface area contributed by atoms with Crippen molar-refractivity contribution in [3.8, 4) is 0 Å². The van der Waals surface area contributed by atoms with Gasteiger partial charge in [0.15, 0.2) is 0 Å². The van der Waals surface area contributed by atoms with Crippen molar-refractivity contribution in [2.24, 2.45) is 0 Å². The van der Waals surface area contributed by atoms with Crippen LogP contribution in [-0.4, -0.2) is 73.8 Å². The number of esters is 2. The zero-order valence-corrected chi connectivity index (χ0v) is 39.5. The third-order valence-corrected chi connectivity index (χ3v) is 11.9. The van der Waals surface area contributed by atoms with Gasteiger partial charge in [-0.2, -0.15) is 0 Å². The third kappa shape index (κ3) is 29.2. The lowest BCUT2D eigenvalue weighted by atomic mass is 10.0. The zero-order valence-electron chi connectivity index (χ0n) is 38.7. The molecule has 2 rings (SSSR count). The molecule has 0 bridgehead atoms. The predicted molar refractivity (Wildman–Crippen MR) is 248 cm³/mol. The van der Waals surface area contributed by atoms with Crippen LogP contribution >= 0.6 is 11.3 Å². The number of ketones is 1. The van der Waals surface area contributed by atoms with Crippen LogP contribution in [0.4, 0.5) is 0 Å². The summed E-state index contributed by atoms with van der Waals surface area (Å²) in [5.74, 6) is 0.0475. The van der Waals surface area contributed by atoms with Crippen LogP contribution in [0.2, 0.25) is 0 Å². The molecule has 0 aliphatic carbocycles. The van der Waals surface area contributed by atoms with Gasteiger partial charge in [-0.25, -0.2) is 4.79 Å². The Balaban J connectivity index is 0.000000734. The first kappa shape index (κ1) is 54.2. The number of hydrogen-bond acceptors (Lipinski definition) is 8. The van der Waals surface area contributed by atoms with Gasteiger partial charge in [0.25, 0.3) is 0 Å². The van der Waals surface area contributed by atoms with Gasteiger partial charge < -0.3 is 24.1 Å². The average Bonchev–Trinajstić information content (AvgIpc) is 3.55. The Bertz CT molecular complexity index is 1320. The van der Waals surface area contributed by atoms with Crippen LogP contribution < -0.4 is 0 Å². The van der Waals surface area contributed by atoms with Crippen LogP contribution in [0.25, 0.3) is 0 Å². The summed E-state index contributed by atoms with van der Waals surface area (Å²) in [6.07, 6.45) is 38.5. The maximum Gasteiger partial charge on any atom is 0.339 e. The molecular formula is C50H86N2O6S. The van der Waals surface area contributed by atoms with Crippen molar-refractivity contribution in [2.75, 3.05) is 40.4 Å². The molecule has 1 aromatic rings. The lowest BCUT2D eigenvalue weighted by molar-refractivity contribution is -0.144. The highest BCUT2D eigenvalue weighted by Gasteiger charge is 2.29. The second-order valence-electron chi connectivity index (χ2n) is 16.7. The van der Waals surface area contributed by atoms with Gasteiger partial charge in [-0.15, -0.1) is 11.3 Å². The highest BCUT2D eigenvalue weighted by Crippen LogP contribution is 2.33. The molecule has 1 aliphatic rings. The topological polar surface area (TPSA) is 93.2 Å². The number of hydrogen-bond donors (Lipinski definition) is 0. The number of rotatable bonds is 34. The van der Waals surface area contributed by atoms with Crippen molar-refractivity contribution in [1.82, 2.24) is 9.80 Å². The minimum Gasteiger partial charge on any atom is -0.466 e. The van der Waals surface area contributed by atoms with E-state index in [2.05, 4.69) is 43.1 Å². The molecule has 338 valence electrons. The average molecular weight is 843 g/mol. The van der Waals surface area contributed by atoms with Crippen LogP contribution in [0.15, 0.2) is 24.3 Å². The Kier molecular flexibility index (Phi) is 34.0. The number of allylic oxidation sites excluding steroid dienone is 4. The number of unbranched alkanes of at least 4 members (excludes halogenated alkanes) is 17. The summed E-state index contributed by atoms with van der Waals surface area (Å²) in [5, 5.41) is 0. The van der Waals surface area contributed by atoms with E-state index in [1.54, 1.807) is 18.3 Å². The van der Waals surface area contributed by atoms with Crippen molar-refractivity contribution in [2.45, 2.75) is 208 Å². The minimum absolute atomic E-state index is 0.113. The van der Waals surface area contributed by atoms with Gasteiger partial charge in [-0.1, -0.05) is 122 Å². The molecule has 2 heterocycles. The summed E-state index contributed by atoms with van der Waals surface area (Å²) in [5.41, 5.74) is 1.75. The SMILES string of the molecule is CCCCC/C=C\C/C=C\CCCCCCCC(C)=O.CCCCCCCCCCCOC(=O)CCCCC(=O)N1CCc2c(sc(C)c2C(=O)OCCCN(C)C)C1. The summed E-state index contributed by atoms with van der Waals surface area (Å²) in [4.78, 5) is 54.3. The molecule has 8 nitrogen and oxygen atoms in total. The Morgan fingerprint density at radius 2 is 1.20 bits per heavy atom. The maximum atomic E-state index is 12.8. The number of amides is 1. The van der Waals surface area contributed by atoms with E-state index in [0.717, 1.165) is 60.4 Å². The van der Waals surface area contributed by atoms with E-state index < -0.39 is 0 Å². The molecular weight excluding hydrogens is 757 g/mol. The largest absolute Gasteiger partial charge is 0.466 e. The van der Waals surface area contributed by atoms with Crippen molar-refractivity contribution in [1.29, 1.82) is 0 Å². The molecule has 1 amide bonds. The predicted octanol–water partition coefficient (Wildman–Crippen LogP) is 13.1.